The van der Waals surface area contributed by atoms with Crippen molar-refractivity contribution in [1.29, 1.82) is 0 Å². The van der Waals surface area contributed by atoms with Gasteiger partial charge in [-0.05, 0) is 17.6 Å². The van der Waals surface area contributed by atoms with Crippen LogP contribution in [0.3, 0.4) is 0 Å². The van der Waals surface area contributed by atoms with Crippen molar-refractivity contribution in [3.8, 4) is 0 Å². The normalized spacial score (nSPS) is 10.5. The van der Waals surface area contributed by atoms with Crippen molar-refractivity contribution in [1.82, 2.24) is 0 Å². The van der Waals surface area contributed by atoms with Crippen molar-refractivity contribution < 1.29 is 4.74 Å². The molecule has 0 aliphatic heterocycles. The van der Waals surface area contributed by atoms with E-state index >= 15 is 0 Å². The van der Waals surface area contributed by atoms with Gasteiger partial charge in [-0.1, -0.05) is 55.1 Å². The SMILES string of the molecule is C=CCC(=C)COC/C=C/c1ccccc1. The van der Waals surface area contributed by atoms with Crippen LogP contribution in [0.2, 0.25) is 0 Å². The summed E-state index contributed by atoms with van der Waals surface area (Å²) >= 11 is 0. The van der Waals surface area contributed by atoms with Gasteiger partial charge in [0, 0.05) is 0 Å². The van der Waals surface area contributed by atoms with E-state index in [2.05, 4.69) is 31.4 Å². The van der Waals surface area contributed by atoms with E-state index in [1.807, 2.05) is 30.4 Å². The minimum Gasteiger partial charge on any atom is -0.373 e. The van der Waals surface area contributed by atoms with Gasteiger partial charge in [0.25, 0.3) is 0 Å². The van der Waals surface area contributed by atoms with E-state index in [-0.39, 0.29) is 0 Å². The molecule has 0 aromatic heterocycles. The highest BCUT2D eigenvalue weighted by molar-refractivity contribution is 5.48. The van der Waals surface area contributed by atoms with Crippen molar-refractivity contribution in [2.75, 3.05) is 13.2 Å². The molecule has 0 atom stereocenters. The topological polar surface area (TPSA) is 9.23 Å². The molecule has 0 radical (unpaired) electrons. The lowest BCUT2D eigenvalue weighted by atomic mass is 10.2. The summed E-state index contributed by atoms with van der Waals surface area (Å²) < 4.78 is 5.44. The zero-order valence-electron chi connectivity index (χ0n) is 9.56. The number of hydrogen-bond acceptors (Lipinski definition) is 1. The molecular weight excluding hydrogens is 196 g/mol. The summed E-state index contributed by atoms with van der Waals surface area (Å²) in [7, 11) is 0. The third-order valence-corrected chi connectivity index (χ3v) is 2.06. The molecule has 0 saturated carbocycles. The van der Waals surface area contributed by atoms with E-state index in [9.17, 15) is 0 Å². The number of hydrogen-bond donors (Lipinski definition) is 0. The molecular formula is C15H18O. The second-order valence-electron chi connectivity index (χ2n) is 3.57. The lowest BCUT2D eigenvalue weighted by Gasteiger charge is -2.01. The van der Waals surface area contributed by atoms with E-state index in [0.29, 0.717) is 13.2 Å². The molecule has 84 valence electrons. The quantitative estimate of drug-likeness (QED) is 0.495. The number of rotatable bonds is 7. The second kappa shape index (κ2) is 7.66. The molecule has 0 bridgehead atoms. The molecule has 0 fully saturated rings. The molecule has 0 saturated heterocycles. The standard InChI is InChI=1S/C15H18O/c1-3-8-14(2)13-16-12-7-11-15-9-5-4-6-10-15/h3-7,9-11H,1-2,8,12-13H2/b11-7+. The molecule has 1 aromatic carbocycles. The van der Waals surface area contributed by atoms with Gasteiger partial charge in [0.05, 0.1) is 13.2 Å². The van der Waals surface area contributed by atoms with Crippen LogP contribution in [-0.2, 0) is 4.74 Å². The Balaban J connectivity index is 2.18. The molecule has 0 aliphatic carbocycles. The number of ether oxygens (including phenoxy) is 1. The average Bonchev–Trinajstić information content (AvgIpc) is 2.30. The van der Waals surface area contributed by atoms with Gasteiger partial charge in [-0.2, -0.15) is 0 Å². The summed E-state index contributed by atoms with van der Waals surface area (Å²) in [5, 5.41) is 0. The first-order valence-corrected chi connectivity index (χ1v) is 5.40. The Kier molecular flexibility index (Phi) is 5.97. The van der Waals surface area contributed by atoms with E-state index in [1.54, 1.807) is 0 Å². The Labute approximate surface area is 97.8 Å². The zero-order valence-corrected chi connectivity index (χ0v) is 9.56. The monoisotopic (exact) mass is 214 g/mol. The predicted molar refractivity (Wildman–Crippen MR) is 70.2 cm³/mol. The third kappa shape index (κ3) is 5.32. The van der Waals surface area contributed by atoms with Crippen LogP contribution in [0, 0.1) is 0 Å². The first-order chi connectivity index (χ1) is 7.83. The molecule has 1 heteroatoms. The van der Waals surface area contributed by atoms with Crippen LogP contribution in [0.4, 0.5) is 0 Å². The molecule has 1 aromatic rings. The van der Waals surface area contributed by atoms with Crippen molar-refractivity contribution in [3.05, 3.63) is 66.8 Å². The van der Waals surface area contributed by atoms with Crippen LogP contribution < -0.4 is 0 Å². The Hall–Kier alpha value is -1.60. The Bertz CT molecular complexity index is 349. The van der Waals surface area contributed by atoms with E-state index < -0.39 is 0 Å². The first kappa shape index (κ1) is 12.5. The van der Waals surface area contributed by atoms with Crippen LogP contribution in [0.1, 0.15) is 12.0 Å². The summed E-state index contributed by atoms with van der Waals surface area (Å²) in [6, 6.07) is 10.2. The summed E-state index contributed by atoms with van der Waals surface area (Å²) in [6.45, 7) is 8.75. The van der Waals surface area contributed by atoms with Gasteiger partial charge < -0.3 is 4.74 Å². The predicted octanol–water partition coefficient (Wildman–Crippen LogP) is 3.85. The molecule has 0 aliphatic rings. The van der Waals surface area contributed by atoms with Gasteiger partial charge >= 0.3 is 0 Å². The maximum atomic E-state index is 5.44. The van der Waals surface area contributed by atoms with Crippen LogP contribution in [0.15, 0.2) is 61.2 Å². The lowest BCUT2D eigenvalue weighted by molar-refractivity contribution is 0.186. The highest BCUT2D eigenvalue weighted by atomic mass is 16.5. The van der Waals surface area contributed by atoms with Gasteiger partial charge in [0.15, 0.2) is 0 Å². The largest absolute Gasteiger partial charge is 0.373 e. The van der Waals surface area contributed by atoms with Crippen LogP contribution in [0.25, 0.3) is 6.08 Å². The maximum absolute atomic E-state index is 5.44. The highest BCUT2D eigenvalue weighted by Crippen LogP contribution is 2.02. The fourth-order valence-electron chi connectivity index (χ4n) is 1.28. The zero-order chi connectivity index (χ0) is 11.6. The molecule has 0 spiro atoms. The number of benzene rings is 1. The van der Waals surface area contributed by atoms with Gasteiger partial charge in [0.2, 0.25) is 0 Å². The van der Waals surface area contributed by atoms with Gasteiger partial charge in [-0.15, -0.1) is 6.58 Å². The van der Waals surface area contributed by atoms with Crippen LogP contribution in [0.5, 0.6) is 0 Å². The highest BCUT2D eigenvalue weighted by Gasteiger charge is 1.90. The minimum atomic E-state index is 0.602. The van der Waals surface area contributed by atoms with E-state index in [0.717, 1.165) is 12.0 Å². The fraction of sp³-hybridized carbons (Fsp3) is 0.200. The summed E-state index contributed by atoms with van der Waals surface area (Å²) in [5.74, 6) is 0. The molecule has 1 nitrogen and oxygen atoms in total. The van der Waals surface area contributed by atoms with E-state index in [1.165, 1.54) is 5.56 Å². The van der Waals surface area contributed by atoms with Crippen molar-refractivity contribution in [3.63, 3.8) is 0 Å². The van der Waals surface area contributed by atoms with Crippen molar-refractivity contribution >= 4 is 6.08 Å². The minimum absolute atomic E-state index is 0.602. The molecule has 1 rings (SSSR count). The lowest BCUT2D eigenvalue weighted by Crippen LogP contribution is -1.96. The summed E-state index contributed by atoms with van der Waals surface area (Å²) in [6.07, 6.45) is 6.72. The molecule has 16 heavy (non-hydrogen) atoms. The summed E-state index contributed by atoms with van der Waals surface area (Å²) in [5.41, 5.74) is 2.25. The Morgan fingerprint density at radius 1 is 1.25 bits per heavy atom. The second-order valence-corrected chi connectivity index (χ2v) is 3.57. The Morgan fingerprint density at radius 2 is 2.00 bits per heavy atom. The van der Waals surface area contributed by atoms with Crippen molar-refractivity contribution in [2.24, 2.45) is 0 Å². The molecule has 0 heterocycles. The molecule has 0 amide bonds. The van der Waals surface area contributed by atoms with E-state index in [4.69, 9.17) is 4.74 Å². The first-order valence-electron chi connectivity index (χ1n) is 5.40. The van der Waals surface area contributed by atoms with Crippen molar-refractivity contribution in [2.45, 2.75) is 6.42 Å². The molecule has 0 unspecified atom stereocenters. The van der Waals surface area contributed by atoms with Crippen LogP contribution >= 0.6 is 0 Å². The maximum Gasteiger partial charge on any atom is 0.0681 e. The van der Waals surface area contributed by atoms with Gasteiger partial charge in [-0.3, -0.25) is 0 Å². The van der Waals surface area contributed by atoms with Crippen LogP contribution in [-0.4, -0.2) is 13.2 Å². The fourth-order valence-corrected chi connectivity index (χ4v) is 1.28. The van der Waals surface area contributed by atoms with Gasteiger partial charge in [-0.25, -0.2) is 0 Å². The van der Waals surface area contributed by atoms with Gasteiger partial charge in [0.1, 0.15) is 0 Å². The number of allylic oxidation sites excluding steroid dienone is 1. The Morgan fingerprint density at radius 3 is 2.69 bits per heavy atom. The smallest absolute Gasteiger partial charge is 0.0681 e. The molecule has 0 N–H and O–H groups in total. The average molecular weight is 214 g/mol. The third-order valence-electron chi connectivity index (χ3n) is 2.06. The summed E-state index contributed by atoms with van der Waals surface area (Å²) in [4.78, 5) is 0.